The average Bonchev–Trinajstić information content (AvgIpc) is 2.52. The fraction of sp³-hybridized carbons (Fsp3) is 0.222. The van der Waals surface area contributed by atoms with Gasteiger partial charge in [-0.1, -0.05) is 54.1 Å². The Labute approximate surface area is 120 Å². The van der Waals surface area contributed by atoms with Gasteiger partial charge in [0.1, 0.15) is 12.4 Å². The molecule has 0 unspecified atom stereocenters. The van der Waals surface area contributed by atoms with Crippen LogP contribution in [-0.4, -0.2) is 6.54 Å². The average molecular weight is 267 g/mol. The topological polar surface area (TPSA) is 35.2 Å². The van der Waals surface area contributed by atoms with Crippen molar-refractivity contribution in [2.75, 3.05) is 6.54 Å². The van der Waals surface area contributed by atoms with Gasteiger partial charge < -0.3 is 10.5 Å². The second-order valence-electron chi connectivity index (χ2n) is 4.75. The zero-order valence-corrected chi connectivity index (χ0v) is 11.9. The molecule has 2 aromatic carbocycles. The van der Waals surface area contributed by atoms with E-state index in [9.17, 15) is 0 Å². The van der Waals surface area contributed by atoms with E-state index in [2.05, 4.69) is 30.3 Å². The fourth-order valence-corrected chi connectivity index (χ4v) is 2.04. The molecule has 0 bridgehead atoms. The lowest BCUT2D eigenvalue weighted by Crippen LogP contribution is -2.05. The summed E-state index contributed by atoms with van der Waals surface area (Å²) in [5.41, 5.74) is 9.35. The van der Waals surface area contributed by atoms with Crippen molar-refractivity contribution in [3.8, 4) is 5.75 Å². The van der Waals surface area contributed by atoms with Crippen LogP contribution in [-0.2, 0) is 13.0 Å². The Morgan fingerprint density at radius 1 is 1.05 bits per heavy atom. The van der Waals surface area contributed by atoms with Gasteiger partial charge in [-0.05, 0) is 36.6 Å². The molecule has 0 saturated carbocycles. The summed E-state index contributed by atoms with van der Waals surface area (Å²) < 4.78 is 5.83. The monoisotopic (exact) mass is 267 g/mol. The third-order valence-electron chi connectivity index (χ3n) is 3.25. The van der Waals surface area contributed by atoms with Crippen LogP contribution < -0.4 is 10.5 Å². The zero-order chi connectivity index (χ0) is 14.2. The van der Waals surface area contributed by atoms with Crippen molar-refractivity contribution in [3.05, 3.63) is 77.4 Å². The number of ether oxygens (including phenoxy) is 1. The number of hydrogen-bond acceptors (Lipinski definition) is 2. The van der Waals surface area contributed by atoms with Gasteiger partial charge in [0, 0.05) is 6.54 Å². The third kappa shape index (κ3) is 4.25. The van der Waals surface area contributed by atoms with Crippen LogP contribution in [0.1, 0.15) is 18.1 Å². The van der Waals surface area contributed by atoms with E-state index in [4.69, 9.17) is 10.5 Å². The molecule has 0 aliphatic heterocycles. The van der Waals surface area contributed by atoms with Crippen LogP contribution in [0.5, 0.6) is 5.75 Å². The number of rotatable bonds is 6. The number of hydrogen-bond donors (Lipinski definition) is 1. The van der Waals surface area contributed by atoms with Crippen LogP contribution in [0.15, 0.2) is 66.2 Å². The highest BCUT2D eigenvalue weighted by atomic mass is 16.5. The summed E-state index contributed by atoms with van der Waals surface area (Å²) in [6.07, 6.45) is 2.97. The lowest BCUT2D eigenvalue weighted by molar-refractivity contribution is 0.306. The normalized spacial score (nSPS) is 11.4. The molecule has 0 amide bonds. The maximum Gasteiger partial charge on any atom is 0.120 e. The summed E-state index contributed by atoms with van der Waals surface area (Å²) in [5, 5.41) is 0. The van der Waals surface area contributed by atoms with E-state index in [-0.39, 0.29) is 0 Å². The van der Waals surface area contributed by atoms with Crippen molar-refractivity contribution < 1.29 is 4.74 Å². The second-order valence-corrected chi connectivity index (χ2v) is 4.75. The first-order chi connectivity index (χ1) is 9.81. The highest BCUT2D eigenvalue weighted by Gasteiger charge is 2.00. The predicted molar refractivity (Wildman–Crippen MR) is 83.7 cm³/mol. The maximum atomic E-state index is 5.83. The Bertz CT molecular complexity index is 561. The quantitative estimate of drug-likeness (QED) is 0.810. The molecular formula is C18H21NO. The fourth-order valence-electron chi connectivity index (χ4n) is 2.04. The second kappa shape index (κ2) is 7.51. The Morgan fingerprint density at radius 3 is 2.50 bits per heavy atom. The minimum absolute atomic E-state index is 0.595. The molecule has 0 atom stereocenters. The molecule has 0 heterocycles. The van der Waals surface area contributed by atoms with E-state index >= 15 is 0 Å². The minimum Gasteiger partial charge on any atom is -0.489 e. The Hall–Kier alpha value is -2.06. The van der Waals surface area contributed by atoms with Crippen molar-refractivity contribution in [1.29, 1.82) is 0 Å². The van der Waals surface area contributed by atoms with Crippen LogP contribution in [0.25, 0.3) is 0 Å². The van der Waals surface area contributed by atoms with E-state index in [1.165, 1.54) is 16.7 Å². The van der Waals surface area contributed by atoms with Gasteiger partial charge in [0.2, 0.25) is 0 Å². The molecule has 0 spiro atoms. The van der Waals surface area contributed by atoms with Crippen LogP contribution in [0.2, 0.25) is 0 Å². The van der Waals surface area contributed by atoms with Crippen molar-refractivity contribution in [1.82, 2.24) is 0 Å². The molecule has 104 valence electrons. The van der Waals surface area contributed by atoms with Crippen LogP contribution in [0.3, 0.4) is 0 Å². The van der Waals surface area contributed by atoms with E-state index < -0.39 is 0 Å². The molecule has 2 heteroatoms. The van der Waals surface area contributed by atoms with E-state index in [1.807, 2.05) is 37.3 Å². The first-order valence-electron chi connectivity index (χ1n) is 6.91. The maximum absolute atomic E-state index is 5.83. The first kappa shape index (κ1) is 14.4. The molecule has 2 N–H and O–H groups in total. The molecule has 2 aromatic rings. The largest absolute Gasteiger partial charge is 0.489 e. The number of benzene rings is 2. The summed E-state index contributed by atoms with van der Waals surface area (Å²) >= 11 is 0. The molecule has 0 radical (unpaired) electrons. The Kier molecular flexibility index (Phi) is 5.39. The Morgan fingerprint density at radius 2 is 1.80 bits per heavy atom. The van der Waals surface area contributed by atoms with Crippen LogP contribution in [0, 0.1) is 0 Å². The van der Waals surface area contributed by atoms with Crippen LogP contribution in [0.4, 0.5) is 0 Å². The molecule has 0 fully saturated rings. The minimum atomic E-state index is 0.595. The summed E-state index contributed by atoms with van der Waals surface area (Å²) in [6, 6.07) is 18.4. The molecule has 2 nitrogen and oxygen atoms in total. The van der Waals surface area contributed by atoms with Gasteiger partial charge in [-0.3, -0.25) is 0 Å². The van der Waals surface area contributed by atoms with Crippen LogP contribution >= 0.6 is 0 Å². The zero-order valence-electron chi connectivity index (χ0n) is 11.9. The number of nitrogens with two attached hydrogens (primary N) is 1. The van der Waals surface area contributed by atoms with Gasteiger partial charge in [0.25, 0.3) is 0 Å². The van der Waals surface area contributed by atoms with Crippen molar-refractivity contribution in [2.45, 2.75) is 20.0 Å². The van der Waals surface area contributed by atoms with Crippen molar-refractivity contribution >= 4 is 0 Å². The van der Waals surface area contributed by atoms with Gasteiger partial charge in [0.05, 0.1) is 0 Å². The smallest absolute Gasteiger partial charge is 0.120 e. The standard InChI is InChI=1S/C18H21NO/c1-2-15(13-19)11-17-9-6-10-18(12-17)20-14-16-7-4-3-5-8-16/h2-10,12H,11,13-14,19H2,1H3/b15-2-. The molecule has 0 aliphatic carbocycles. The molecule has 0 saturated heterocycles. The summed E-state index contributed by atoms with van der Waals surface area (Å²) in [6.45, 7) is 3.22. The van der Waals surface area contributed by atoms with Gasteiger partial charge in [-0.2, -0.15) is 0 Å². The van der Waals surface area contributed by atoms with Crippen molar-refractivity contribution in [2.24, 2.45) is 5.73 Å². The summed E-state index contributed by atoms with van der Waals surface area (Å²) in [4.78, 5) is 0. The van der Waals surface area contributed by atoms with Gasteiger partial charge in [-0.25, -0.2) is 0 Å². The van der Waals surface area contributed by atoms with Crippen molar-refractivity contribution in [3.63, 3.8) is 0 Å². The third-order valence-corrected chi connectivity index (χ3v) is 3.25. The predicted octanol–water partition coefficient (Wildman–Crippen LogP) is 3.71. The molecule has 2 rings (SSSR count). The molecular weight excluding hydrogens is 246 g/mol. The lowest BCUT2D eigenvalue weighted by Gasteiger charge is -2.09. The van der Waals surface area contributed by atoms with E-state index in [1.54, 1.807) is 0 Å². The number of allylic oxidation sites excluding steroid dienone is 1. The van der Waals surface area contributed by atoms with Gasteiger partial charge in [0.15, 0.2) is 0 Å². The first-order valence-corrected chi connectivity index (χ1v) is 6.91. The Balaban J connectivity index is 1.99. The lowest BCUT2D eigenvalue weighted by atomic mass is 10.1. The van der Waals surface area contributed by atoms with Gasteiger partial charge in [-0.15, -0.1) is 0 Å². The SMILES string of the molecule is C/C=C(\CN)Cc1cccc(OCc2ccccc2)c1. The van der Waals surface area contributed by atoms with E-state index in [0.717, 1.165) is 12.2 Å². The molecule has 0 aliphatic rings. The highest BCUT2D eigenvalue weighted by molar-refractivity contribution is 5.31. The highest BCUT2D eigenvalue weighted by Crippen LogP contribution is 2.17. The summed E-state index contributed by atoms with van der Waals surface area (Å²) in [7, 11) is 0. The molecule has 20 heavy (non-hydrogen) atoms. The summed E-state index contributed by atoms with van der Waals surface area (Å²) in [5.74, 6) is 0.902. The van der Waals surface area contributed by atoms with E-state index in [0.29, 0.717) is 13.2 Å². The van der Waals surface area contributed by atoms with Gasteiger partial charge >= 0.3 is 0 Å². The molecule has 0 aromatic heterocycles.